The molecule has 0 aliphatic heterocycles. The zero-order chi connectivity index (χ0) is 17.5. The van der Waals surface area contributed by atoms with E-state index in [1.54, 1.807) is 0 Å². The number of hydrogen-bond donors (Lipinski definition) is 1. The van der Waals surface area contributed by atoms with Crippen LogP contribution in [0.3, 0.4) is 0 Å². The number of amides is 1. The van der Waals surface area contributed by atoms with Gasteiger partial charge in [0, 0.05) is 29.4 Å². The zero-order valence-corrected chi connectivity index (χ0v) is 15.7. The number of hydrogen-bond acceptors (Lipinski definition) is 1. The molecule has 0 radical (unpaired) electrons. The molecule has 2 aromatic rings. The maximum Gasteiger partial charge on any atom is 0.268 e. The van der Waals surface area contributed by atoms with E-state index in [4.69, 9.17) is 11.6 Å². The van der Waals surface area contributed by atoms with Gasteiger partial charge in [0.25, 0.3) is 5.91 Å². The summed E-state index contributed by atoms with van der Waals surface area (Å²) in [4.78, 5) is 13.0. The van der Waals surface area contributed by atoms with Gasteiger partial charge in [-0.25, -0.2) is 0 Å². The van der Waals surface area contributed by atoms with E-state index in [0.29, 0.717) is 11.9 Å². The highest BCUT2D eigenvalue weighted by Crippen LogP contribution is 2.22. The molecule has 0 saturated heterocycles. The van der Waals surface area contributed by atoms with Crippen LogP contribution in [-0.2, 0) is 6.54 Å². The lowest BCUT2D eigenvalue weighted by Crippen LogP contribution is -2.36. The molecule has 1 aliphatic rings. The van der Waals surface area contributed by atoms with Gasteiger partial charge in [0.1, 0.15) is 5.69 Å². The first-order valence-corrected chi connectivity index (χ1v) is 10.3. The Hall–Kier alpha value is -1.48. The Bertz CT molecular complexity index is 686. The van der Waals surface area contributed by atoms with Crippen molar-refractivity contribution in [2.24, 2.45) is 0 Å². The lowest BCUT2D eigenvalue weighted by molar-refractivity contribution is 0.0921. The number of aromatic nitrogens is 1. The molecule has 0 atom stereocenters. The number of para-hydroxylation sites is 1. The summed E-state index contributed by atoms with van der Waals surface area (Å²) in [5, 5.41) is 4.44. The third-order valence-corrected chi connectivity index (χ3v) is 5.52. The van der Waals surface area contributed by atoms with Gasteiger partial charge in [-0.1, -0.05) is 50.3 Å². The molecule has 0 bridgehead atoms. The summed E-state index contributed by atoms with van der Waals surface area (Å²) in [7, 11) is 0. The average molecular weight is 361 g/mol. The molecule has 1 fully saturated rings. The molecule has 3 nitrogen and oxygen atoms in total. The SMILES string of the molecule is O=C(NC1CCCCCCC1)c1cc2ccccc2n1CCCCCl. The minimum atomic E-state index is 0.0765. The molecule has 4 heteroatoms. The number of aryl methyl sites for hydroxylation is 1. The molecule has 0 spiro atoms. The zero-order valence-electron chi connectivity index (χ0n) is 15.0. The van der Waals surface area contributed by atoms with Crippen molar-refractivity contribution in [2.75, 3.05) is 5.88 Å². The van der Waals surface area contributed by atoms with E-state index >= 15 is 0 Å². The van der Waals surface area contributed by atoms with Gasteiger partial charge < -0.3 is 9.88 Å². The topological polar surface area (TPSA) is 34.0 Å². The highest BCUT2D eigenvalue weighted by molar-refractivity contribution is 6.17. The summed E-state index contributed by atoms with van der Waals surface area (Å²) < 4.78 is 2.17. The molecule has 3 rings (SSSR count). The fourth-order valence-corrected chi connectivity index (χ4v) is 4.05. The summed E-state index contributed by atoms with van der Waals surface area (Å²) in [6.45, 7) is 0.841. The summed E-state index contributed by atoms with van der Waals surface area (Å²) in [6.07, 6.45) is 10.6. The number of unbranched alkanes of at least 4 members (excludes halogenated alkanes) is 1. The van der Waals surface area contributed by atoms with Crippen molar-refractivity contribution < 1.29 is 4.79 Å². The number of halogens is 1. The van der Waals surface area contributed by atoms with Gasteiger partial charge in [-0.2, -0.15) is 0 Å². The number of nitrogens with zero attached hydrogens (tertiary/aromatic N) is 1. The molecule has 1 saturated carbocycles. The van der Waals surface area contributed by atoms with Crippen LogP contribution in [0.2, 0.25) is 0 Å². The van der Waals surface area contributed by atoms with Crippen LogP contribution in [-0.4, -0.2) is 22.4 Å². The van der Waals surface area contributed by atoms with E-state index in [9.17, 15) is 4.79 Å². The Kier molecular flexibility index (Phi) is 6.80. The third kappa shape index (κ3) is 4.78. The van der Waals surface area contributed by atoms with Crippen molar-refractivity contribution in [1.82, 2.24) is 9.88 Å². The molecule has 136 valence electrons. The Morgan fingerprint density at radius 2 is 1.80 bits per heavy atom. The van der Waals surface area contributed by atoms with Crippen LogP contribution < -0.4 is 5.32 Å². The van der Waals surface area contributed by atoms with Gasteiger partial charge in [0.15, 0.2) is 0 Å². The van der Waals surface area contributed by atoms with Crippen molar-refractivity contribution in [1.29, 1.82) is 0 Å². The van der Waals surface area contributed by atoms with Crippen LogP contribution in [0, 0.1) is 0 Å². The molecule has 1 aromatic heterocycles. The van der Waals surface area contributed by atoms with Gasteiger partial charge >= 0.3 is 0 Å². The standard InChI is InChI=1S/C21H29ClN2O/c22-14-8-9-15-24-19-13-7-6-10-17(19)16-20(24)21(25)23-18-11-4-2-1-3-5-12-18/h6-7,10,13,16,18H,1-5,8-9,11-12,14-15H2,(H,23,25). The first kappa shape index (κ1) is 18.3. The second-order valence-electron chi connectivity index (χ2n) is 7.15. The van der Waals surface area contributed by atoms with E-state index in [1.807, 2.05) is 18.2 Å². The second kappa shape index (κ2) is 9.28. The maximum atomic E-state index is 13.0. The highest BCUT2D eigenvalue weighted by Gasteiger charge is 2.19. The predicted molar refractivity (Wildman–Crippen MR) is 105 cm³/mol. The van der Waals surface area contributed by atoms with Gasteiger partial charge in [-0.05, 0) is 37.8 Å². The third-order valence-electron chi connectivity index (χ3n) is 5.25. The van der Waals surface area contributed by atoms with Crippen molar-refractivity contribution in [3.63, 3.8) is 0 Å². The number of carbonyl (C=O) groups is 1. The largest absolute Gasteiger partial charge is 0.348 e. The molecule has 1 aromatic carbocycles. The monoisotopic (exact) mass is 360 g/mol. The summed E-state index contributed by atoms with van der Waals surface area (Å²) in [5.41, 5.74) is 1.93. The van der Waals surface area contributed by atoms with Crippen molar-refractivity contribution >= 4 is 28.4 Å². The van der Waals surface area contributed by atoms with Gasteiger partial charge in [-0.3, -0.25) is 4.79 Å². The van der Waals surface area contributed by atoms with E-state index in [0.717, 1.165) is 48.8 Å². The van der Waals surface area contributed by atoms with Crippen molar-refractivity contribution in [3.8, 4) is 0 Å². The number of fused-ring (bicyclic) bond motifs is 1. The smallest absolute Gasteiger partial charge is 0.268 e. The minimum Gasteiger partial charge on any atom is -0.348 e. The Morgan fingerprint density at radius 1 is 1.08 bits per heavy atom. The number of alkyl halides is 1. The molecule has 1 aliphatic carbocycles. The first-order chi connectivity index (χ1) is 12.3. The fourth-order valence-electron chi connectivity index (χ4n) is 3.86. The summed E-state index contributed by atoms with van der Waals surface area (Å²) in [5.74, 6) is 0.746. The van der Waals surface area contributed by atoms with E-state index in [2.05, 4.69) is 22.0 Å². The Labute approximate surface area is 155 Å². The van der Waals surface area contributed by atoms with Crippen LogP contribution in [0.1, 0.15) is 68.3 Å². The summed E-state index contributed by atoms with van der Waals surface area (Å²) in [6, 6.07) is 10.6. The molecule has 1 N–H and O–H groups in total. The highest BCUT2D eigenvalue weighted by atomic mass is 35.5. The summed E-state index contributed by atoms with van der Waals surface area (Å²) >= 11 is 5.83. The lowest BCUT2D eigenvalue weighted by atomic mass is 9.96. The van der Waals surface area contributed by atoms with Crippen LogP contribution in [0.15, 0.2) is 30.3 Å². The van der Waals surface area contributed by atoms with Crippen LogP contribution in [0.5, 0.6) is 0 Å². The molecular formula is C21H29ClN2O. The number of benzene rings is 1. The molecule has 25 heavy (non-hydrogen) atoms. The van der Waals surface area contributed by atoms with Crippen molar-refractivity contribution in [3.05, 3.63) is 36.0 Å². The van der Waals surface area contributed by atoms with Gasteiger partial charge in [0.2, 0.25) is 0 Å². The molecule has 1 heterocycles. The minimum absolute atomic E-state index is 0.0765. The number of nitrogens with one attached hydrogen (secondary N) is 1. The number of carbonyl (C=O) groups excluding carboxylic acids is 1. The van der Waals surface area contributed by atoms with E-state index in [-0.39, 0.29) is 5.91 Å². The molecule has 0 unspecified atom stereocenters. The quantitative estimate of drug-likeness (QED) is 0.535. The average Bonchev–Trinajstić information content (AvgIpc) is 2.96. The van der Waals surface area contributed by atoms with Gasteiger partial charge in [0.05, 0.1) is 0 Å². The van der Waals surface area contributed by atoms with Crippen LogP contribution in [0.25, 0.3) is 10.9 Å². The normalized spacial score (nSPS) is 16.5. The lowest BCUT2D eigenvalue weighted by Gasteiger charge is -2.21. The first-order valence-electron chi connectivity index (χ1n) is 9.74. The second-order valence-corrected chi connectivity index (χ2v) is 7.53. The van der Waals surface area contributed by atoms with Crippen molar-refractivity contribution in [2.45, 2.75) is 70.4 Å². The predicted octanol–water partition coefficient (Wildman–Crippen LogP) is 5.50. The Balaban J connectivity index is 1.78. The van der Waals surface area contributed by atoms with E-state index < -0.39 is 0 Å². The number of rotatable bonds is 6. The van der Waals surface area contributed by atoms with E-state index in [1.165, 1.54) is 32.1 Å². The van der Waals surface area contributed by atoms with Crippen LogP contribution in [0.4, 0.5) is 0 Å². The fraction of sp³-hybridized carbons (Fsp3) is 0.571. The maximum absolute atomic E-state index is 13.0. The van der Waals surface area contributed by atoms with Crippen LogP contribution >= 0.6 is 11.6 Å². The Morgan fingerprint density at radius 3 is 2.56 bits per heavy atom. The molecular weight excluding hydrogens is 332 g/mol. The van der Waals surface area contributed by atoms with Gasteiger partial charge in [-0.15, -0.1) is 11.6 Å². The molecule has 1 amide bonds.